The normalized spacial score (nSPS) is 12.4. The van der Waals surface area contributed by atoms with E-state index in [1.165, 1.54) is 5.30 Å². The predicted molar refractivity (Wildman–Crippen MR) is 82.8 cm³/mol. The monoisotopic (exact) mass is 302 g/mol. The molecule has 1 aromatic carbocycles. The van der Waals surface area contributed by atoms with Crippen LogP contribution in [0.25, 0.3) is 0 Å². The van der Waals surface area contributed by atoms with Crippen molar-refractivity contribution in [3.05, 3.63) is 30.3 Å². The largest absolute Gasteiger partial charge is 0.114 e. The van der Waals surface area contributed by atoms with Gasteiger partial charge in [0, 0.05) is 0 Å². The summed E-state index contributed by atoms with van der Waals surface area (Å²) in [7, 11) is -0.138. The summed E-state index contributed by atoms with van der Waals surface area (Å²) in [6, 6.07) is 11.0. The van der Waals surface area contributed by atoms with Crippen molar-refractivity contribution in [2.45, 2.75) is 51.9 Å². The summed E-state index contributed by atoms with van der Waals surface area (Å²) >= 11 is 0. The maximum atomic E-state index is 2.36. The van der Waals surface area contributed by atoms with E-state index in [1.54, 1.807) is 0 Å². The third kappa shape index (κ3) is 4.18. The van der Waals surface area contributed by atoms with E-state index >= 15 is 0 Å². The summed E-state index contributed by atoms with van der Waals surface area (Å²) in [6.07, 6.45) is 0. The molecule has 0 radical (unpaired) electrons. The summed E-state index contributed by atoms with van der Waals surface area (Å²) in [5, 5.41) is 2.26. The molecule has 0 saturated carbocycles. The summed E-state index contributed by atoms with van der Waals surface area (Å²) in [5.74, 6) is 0. The minimum Gasteiger partial charge on any atom is -0.114 e. The number of benzene rings is 1. The lowest BCUT2D eigenvalue weighted by Crippen LogP contribution is -2.30. The molecule has 92 valence electrons. The molecule has 0 spiro atoms. The molecular formula is C14H24BrP. The van der Waals surface area contributed by atoms with Gasteiger partial charge in [0.05, 0.1) is 0 Å². The second kappa shape index (κ2) is 5.65. The van der Waals surface area contributed by atoms with E-state index in [2.05, 4.69) is 71.9 Å². The Bertz CT molecular complexity index is 292. The molecule has 0 saturated heterocycles. The maximum absolute atomic E-state index is 2.36. The van der Waals surface area contributed by atoms with Crippen LogP contribution in [0.3, 0.4) is 0 Å². The van der Waals surface area contributed by atoms with Crippen molar-refractivity contribution in [1.82, 2.24) is 0 Å². The highest BCUT2D eigenvalue weighted by atomic mass is 79.9. The van der Waals surface area contributed by atoms with Crippen LogP contribution in [0.2, 0.25) is 0 Å². The first-order valence-electron chi connectivity index (χ1n) is 5.58. The smallest absolute Gasteiger partial charge is 0.0134 e. The lowest BCUT2D eigenvalue weighted by Gasteiger charge is -2.41. The van der Waals surface area contributed by atoms with Crippen molar-refractivity contribution >= 4 is 30.2 Å². The first-order chi connectivity index (χ1) is 6.73. The fraction of sp³-hybridized carbons (Fsp3) is 0.571. The Balaban J connectivity index is 0.00000225. The molecule has 0 bridgehead atoms. The van der Waals surface area contributed by atoms with Gasteiger partial charge in [-0.3, -0.25) is 0 Å². The standard InChI is InChI=1S/C14H23P.BrH/c1-13(2,3)15(14(4,5)6)12-10-8-7-9-11-12;/h7-11H,1-6H3;1H. The Morgan fingerprint density at radius 3 is 1.44 bits per heavy atom. The molecule has 1 aromatic rings. The number of hydrogen-bond donors (Lipinski definition) is 0. The van der Waals surface area contributed by atoms with Gasteiger partial charge >= 0.3 is 0 Å². The lowest BCUT2D eigenvalue weighted by atomic mass is 10.2. The van der Waals surface area contributed by atoms with Crippen LogP contribution in [-0.2, 0) is 0 Å². The SMILES string of the molecule is Br.CC(C)(C)P(c1ccccc1)C(C)(C)C. The second-order valence-electron chi connectivity index (χ2n) is 6.01. The molecule has 0 aliphatic rings. The fourth-order valence-electron chi connectivity index (χ4n) is 2.36. The van der Waals surface area contributed by atoms with Crippen molar-refractivity contribution in [2.75, 3.05) is 0 Å². The molecule has 0 heterocycles. The van der Waals surface area contributed by atoms with Crippen LogP contribution in [0, 0.1) is 0 Å². The Hall–Kier alpha value is 0.130. The topological polar surface area (TPSA) is 0 Å². The highest BCUT2D eigenvalue weighted by molar-refractivity contribution is 8.93. The van der Waals surface area contributed by atoms with Gasteiger partial charge in [-0.15, -0.1) is 17.0 Å². The van der Waals surface area contributed by atoms with Gasteiger partial charge < -0.3 is 0 Å². The minimum atomic E-state index is -0.138. The quantitative estimate of drug-likeness (QED) is 0.643. The van der Waals surface area contributed by atoms with Gasteiger partial charge in [-0.25, -0.2) is 0 Å². The van der Waals surface area contributed by atoms with Gasteiger partial charge in [0.2, 0.25) is 0 Å². The van der Waals surface area contributed by atoms with Gasteiger partial charge in [-0.05, 0) is 15.6 Å². The average Bonchev–Trinajstić information content (AvgIpc) is 2.00. The molecule has 0 amide bonds. The highest BCUT2D eigenvalue weighted by Crippen LogP contribution is 2.57. The van der Waals surface area contributed by atoms with Gasteiger partial charge in [0.1, 0.15) is 0 Å². The molecule has 0 atom stereocenters. The van der Waals surface area contributed by atoms with Gasteiger partial charge in [-0.1, -0.05) is 79.8 Å². The Kier molecular flexibility index (Phi) is 5.69. The number of halogens is 1. The Morgan fingerprint density at radius 1 is 0.750 bits per heavy atom. The van der Waals surface area contributed by atoms with Crippen LogP contribution < -0.4 is 5.30 Å². The van der Waals surface area contributed by atoms with Crippen molar-refractivity contribution in [1.29, 1.82) is 0 Å². The Labute approximate surface area is 112 Å². The molecule has 0 aromatic heterocycles. The van der Waals surface area contributed by atoms with E-state index < -0.39 is 0 Å². The Morgan fingerprint density at radius 2 is 1.12 bits per heavy atom. The number of rotatable bonds is 1. The van der Waals surface area contributed by atoms with E-state index in [1.807, 2.05) is 0 Å². The molecule has 1 rings (SSSR count). The van der Waals surface area contributed by atoms with Crippen molar-refractivity contribution in [3.8, 4) is 0 Å². The number of hydrogen-bond acceptors (Lipinski definition) is 0. The average molecular weight is 303 g/mol. The van der Waals surface area contributed by atoms with Crippen molar-refractivity contribution < 1.29 is 0 Å². The van der Waals surface area contributed by atoms with Crippen LogP contribution in [0.4, 0.5) is 0 Å². The first-order valence-corrected chi connectivity index (χ1v) is 6.92. The molecule has 0 aliphatic heterocycles. The minimum absolute atomic E-state index is 0. The van der Waals surface area contributed by atoms with Crippen LogP contribution in [0.5, 0.6) is 0 Å². The second-order valence-corrected chi connectivity index (χ2v) is 9.88. The van der Waals surface area contributed by atoms with Crippen LogP contribution in [0.15, 0.2) is 30.3 Å². The van der Waals surface area contributed by atoms with Crippen molar-refractivity contribution in [2.24, 2.45) is 0 Å². The maximum Gasteiger partial charge on any atom is -0.0134 e. The van der Waals surface area contributed by atoms with E-state index in [4.69, 9.17) is 0 Å². The van der Waals surface area contributed by atoms with Crippen molar-refractivity contribution in [3.63, 3.8) is 0 Å². The summed E-state index contributed by atoms with van der Waals surface area (Å²) in [6.45, 7) is 14.1. The molecule has 0 fully saturated rings. The molecule has 0 aliphatic carbocycles. The highest BCUT2D eigenvalue weighted by Gasteiger charge is 2.35. The van der Waals surface area contributed by atoms with E-state index in [0.717, 1.165) is 0 Å². The van der Waals surface area contributed by atoms with Gasteiger partial charge in [0.25, 0.3) is 0 Å². The lowest BCUT2D eigenvalue weighted by molar-refractivity contribution is 0.715. The molecule has 2 heteroatoms. The summed E-state index contributed by atoms with van der Waals surface area (Å²) < 4.78 is 0. The zero-order valence-electron chi connectivity index (χ0n) is 11.2. The third-order valence-electron chi connectivity index (χ3n) is 2.36. The van der Waals surface area contributed by atoms with Crippen LogP contribution in [0.1, 0.15) is 41.5 Å². The van der Waals surface area contributed by atoms with Crippen LogP contribution >= 0.6 is 24.9 Å². The van der Waals surface area contributed by atoms with E-state index in [-0.39, 0.29) is 24.9 Å². The zero-order chi connectivity index (χ0) is 11.7. The summed E-state index contributed by atoms with van der Waals surface area (Å²) in [4.78, 5) is 0. The molecule has 0 unspecified atom stereocenters. The van der Waals surface area contributed by atoms with Crippen LogP contribution in [-0.4, -0.2) is 10.3 Å². The van der Waals surface area contributed by atoms with Gasteiger partial charge in [-0.2, -0.15) is 0 Å². The van der Waals surface area contributed by atoms with E-state index in [0.29, 0.717) is 10.3 Å². The molecule has 16 heavy (non-hydrogen) atoms. The van der Waals surface area contributed by atoms with E-state index in [9.17, 15) is 0 Å². The molecule has 0 nitrogen and oxygen atoms in total. The third-order valence-corrected chi connectivity index (χ3v) is 5.85. The summed E-state index contributed by atoms with van der Waals surface area (Å²) in [5.41, 5.74) is 0. The predicted octanol–water partition coefficient (Wildman–Crippen LogP) is 4.97. The first kappa shape index (κ1) is 16.1. The zero-order valence-corrected chi connectivity index (χ0v) is 13.8. The fourth-order valence-corrected chi connectivity index (χ4v) is 6.39. The molecular weight excluding hydrogens is 279 g/mol. The van der Waals surface area contributed by atoms with Gasteiger partial charge in [0.15, 0.2) is 0 Å². The molecule has 0 N–H and O–H groups in total.